The molecule has 14 heavy (non-hydrogen) atoms. The summed E-state index contributed by atoms with van der Waals surface area (Å²) in [4.78, 5) is 21.4. The number of hydrogen-bond acceptors (Lipinski definition) is 3. The van der Waals surface area contributed by atoms with Gasteiger partial charge in [0.05, 0.1) is 7.11 Å². The van der Waals surface area contributed by atoms with Crippen molar-refractivity contribution in [1.29, 1.82) is 0 Å². The van der Waals surface area contributed by atoms with Crippen molar-refractivity contribution in [3.63, 3.8) is 0 Å². The maximum Gasteiger partial charge on any atom is 0.384 e. The number of allylic oxidation sites excluding steroid dienone is 2. The zero-order valence-corrected chi connectivity index (χ0v) is 8.13. The highest BCUT2D eigenvalue weighted by molar-refractivity contribution is 5.89. The Labute approximate surface area is 83.1 Å². The Morgan fingerprint density at radius 2 is 2.14 bits per heavy atom. The van der Waals surface area contributed by atoms with Crippen LogP contribution >= 0.6 is 0 Å². The molecule has 0 aromatic rings. The van der Waals surface area contributed by atoms with Gasteiger partial charge in [-0.3, -0.25) is 4.79 Å². The van der Waals surface area contributed by atoms with Crippen LogP contribution in [0.2, 0.25) is 0 Å². The predicted octanol–water partition coefficient (Wildman–Crippen LogP) is 1.23. The molecular weight excluding hydrogens is 180 g/mol. The van der Waals surface area contributed by atoms with Crippen molar-refractivity contribution < 1.29 is 14.3 Å². The van der Waals surface area contributed by atoms with Gasteiger partial charge in [0.25, 0.3) is 0 Å². The van der Waals surface area contributed by atoms with Crippen LogP contribution in [0.4, 0.5) is 0 Å². The number of methoxy groups -OCH3 is 1. The molecule has 0 atom stereocenters. The van der Waals surface area contributed by atoms with E-state index in [0.717, 1.165) is 43.1 Å². The van der Waals surface area contributed by atoms with E-state index in [1.54, 1.807) is 0 Å². The van der Waals surface area contributed by atoms with Crippen LogP contribution in [0.15, 0.2) is 11.1 Å². The van der Waals surface area contributed by atoms with Gasteiger partial charge in [0, 0.05) is 17.1 Å². The third-order valence-electron chi connectivity index (χ3n) is 2.15. The molecule has 1 aliphatic carbocycles. The summed E-state index contributed by atoms with van der Waals surface area (Å²) in [5.41, 5.74) is 1.52. The summed E-state index contributed by atoms with van der Waals surface area (Å²) in [6.07, 6.45) is 4.45. The van der Waals surface area contributed by atoms with Gasteiger partial charge in [-0.1, -0.05) is 5.92 Å². The van der Waals surface area contributed by atoms with E-state index in [4.69, 9.17) is 0 Å². The molecular formula is C11H12O3. The summed E-state index contributed by atoms with van der Waals surface area (Å²) in [6.45, 7) is 0. The Morgan fingerprint density at radius 3 is 2.79 bits per heavy atom. The van der Waals surface area contributed by atoms with Crippen molar-refractivity contribution >= 4 is 12.3 Å². The molecule has 0 aliphatic heterocycles. The van der Waals surface area contributed by atoms with Crippen LogP contribution in [0, 0.1) is 11.8 Å². The van der Waals surface area contributed by atoms with Gasteiger partial charge in [-0.25, -0.2) is 4.79 Å². The number of aldehydes is 1. The Bertz CT molecular complexity index is 328. The Kier molecular flexibility index (Phi) is 3.93. The highest BCUT2D eigenvalue weighted by atomic mass is 16.5. The van der Waals surface area contributed by atoms with Crippen LogP contribution in [0.25, 0.3) is 0 Å². The number of rotatable bonds is 1. The largest absolute Gasteiger partial charge is 0.459 e. The van der Waals surface area contributed by atoms with Crippen LogP contribution < -0.4 is 0 Å². The van der Waals surface area contributed by atoms with E-state index in [2.05, 4.69) is 16.6 Å². The molecule has 0 bridgehead atoms. The highest BCUT2D eigenvalue weighted by Gasteiger charge is 2.09. The van der Waals surface area contributed by atoms with E-state index in [-0.39, 0.29) is 0 Å². The highest BCUT2D eigenvalue weighted by Crippen LogP contribution is 2.22. The van der Waals surface area contributed by atoms with Gasteiger partial charge in [0.2, 0.25) is 0 Å². The van der Waals surface area contributed by atoms with E-state index in [0.29, 0.717) is 0 Å². The molecule has 0 saturated heterocycles. The Morgan fingerprint density at radius 1 is 1.43 bits per heavy atom. The fourth-order valence-corrected chi connectivity index (χ4v) is 1.38. The lowest BCUT2D eigenvalue weighted by Crippen LogP contribution is -2.01. The Balaban J connectivity index is 2.81. The molecule has 0 saturated carbocycles. The number of hydrogen-bond donors (Lipinski definition) is 0. The molecule has 3 heteroatoms. The molecule has 0 N–H and O–H groups in total. The third-order valence-corrected chi connectivity index (χ3v) is 2.15. The van der Waals surface area contributed by atoms with Crippen molar-refractivity contribution in [2.45, 2.75) is 25.7 Å². The third kappa shape index (κ3) is 2.74. The fourth-order valence-electron chi connectivity index (χ4n) is 1.38. The molecule has 1 rings (SSSR count). The van der Waals surface area contributed by atoms with E-state index in [9.17, 15) is 9.59 Å². The first-order valence-corrected chi connectivity index (χ1v) is 4.55. The van der Waals surface area contributed by atoms with Crippen molar-refractivity contribution in [1.82, 2.24) is 0 Å². The predicted molar refractivity (Wildman–Crippen MR) is 51.4 cm³/mol. The molecule has 0 aromatic heterocycles. The average molecular weight is 192 g/mol. The minimum atomic E-state index is -0.562. The first kappa shape index (κ1) is 10.5. The molecule has 0 radical (unpaired) electrons. The summed E-state index contributed by atoms with van der Waals surface area (Å²) < 4.78 is 4.39. The van der Waals surface area contributed by atoms with Crippen molar-refractivity contribution in [2.75, 3.05) is 7.11 Å². The Hall–Kier alpha value is -1.56. The smallest absolute Gasteiger partial charge is 0.384 e. The molecule has 74 valence electrons. The van der Waals surface area contributed by atoms with Gasteiger partial charge < -0.3 is 4.74 Å². The number of carbonyl (C=O) groups excluding carboxylic acids is 2. The van der Waals surface area contributed by atoms with Crippen molar-refractivity contribution in [3.05, 3.63) is 11.1 Å². The monoisotopic (exact) mass is 192 g/mol. The lowest BCUT2D eigenvalue weighted by molar-refractivity contribution is -0.133. The zero-order valence-electron chi connectivity index (χ0n) is 8.13. The number of ether oxygens (including phenoxy) is 1. The maximum absolute atomic E-state index is 10.7. The average Bonchev–Trinajstić information content (AvgIpc) is 2.26. The lowest BCUT2D eigenvalue weighted by atomic mass is 9.93. The second-order valence-electron chi connectivity index (χ2n) is 3.07. The normalized spacial score (nSPS) is 15.5. The van der Waals surface area contributed by atoms with Crippen LogP contribution in [-0.2, 0) is 14.3 Å². The maximum atomic E-state index is 10.7. The SMILES string of the molecule is COC(=O)C#CC1=C(C=O)CCCC1. The van der Waals surface area contributed by atoms with Gasteiger partial charge in [-0.05, 0) is 25.7 Å². The summed E-state index contributed by atoms with van der Waals surface area (Å²) in [5.74, 6) is 4.47. The quantitative estimate of drug-likeness (QED) is 0.271. The molecule has 0 aromatic carbocycles. The van der Waals surface area contributed by atoms with E-state index < -0.39 is 5.97 Å². The summed E-state index contributed by atoms with van der Waals surface area (Å²) >= 11 is 0. The van der Waals surface area contributed by atoms with Gasteiger partial charge in [0.1, 0.15) is 6.29 Å². The second kappa shape index (κ2) is 5.23. The van der Waals surface area contributed by atoms with Crippen LogP contribution in [-0.4, -0.2) is 19.4 Å². The molecule has 0 fully saturated rings. The number of carbonyl (C=O) groups is 2. The first-order valence-electron chi connectivity index (χ1n) is 4.55. The fraction of sp³-hybridized carbons (Fsp3) is 0.455. The van der Waals surface area contributed by atoms with E-state index in [1.165, 1.54) is 7.11 Å². The summed E-state index contributed by atoms with van der Waals surface area (Å²) in [5, 5.41) is 0. The minimum Gasteiger partial charge on any atom is -0.459 e. The molecule has 0 amide bonds. The van der Waals surface area contributed by atoms with Crippen LogP contribution in [0.3, 0.4) is 0 Å². The van der Waals surface area contributed by atoms with Crippen molar-refractivity contribution in [2.24, 2.45) is 0 Å². The topological polar surface area (TPSA) is 43.4 Å². The second-order valence-corrected chi connectivity index (χ2v) is 3.07. The summed E-state index contributed by atoms with van der Waals surface area (Å²) in [7, 11) is 1.28. The first-order chi connectivity index (χ1) is 6.77. The van der Waals surface area contributed by atoms with E-state index in [1.807, 2.05) is 0 Å². The van der Waals surface area contributed by atoms with E-state index >= 15 is 0 Å². The van der Waals surface area contributed by atoms with Crippen LogP contribution in [0.1, 0.15) is 25.7 Å². The summed E-state index contributed by atoms with van der Waals surface area (Å²) in [6, 6.07) is 0. The molecule has 0 heterocycles. The van der Waals surface area contributed by atoms with Crippen molar-refractivity contribution in [3.8, 4) is 11.8 Å². The van der Waals surface area contributed by atoms with Crippen LogP contribution in [0.5, 0.6) is 0 Å². The van der Waals surface area contributed by atoms with Gasteiger partial charge >= 0.3 is 5.97 Å². The molecule has 0 unspecified atom stereocenters. The standard InChI is InChI=1S/C11H12O3/c1-14-11(13)7-6-9-4-2-3-5-10(9)8-12/h8H,2-5H2,1H3. The molecule has 3 nitrogen and oxygen atoms in total. The molecule has 0 spiro atoms. The van der Waals surface area contributed by atoms with Gasteiger partial charge in [-0.2, -0.15) is 0 Å². The zero-order chi connectivity index (χ0) is 10.4. The van der Waals surface area contributed by atoms with Gasteiger partial charge in [-0.15, -0.1) is 0 Å². The molecule has 1 aliphatic rings. The number of esters is 1. The van der Waals surface area contributed by atoms with Gasteiger partial charge in [0.15, 0.2) is 0 Å². The minimum absolute atomic E-state index is 0.562. The lowest BCUT2D eigenvalue weighted by Gasteiger charge is -2.11.